The van der Waals surface area contributed by atoms with Gasteiger partial charge in [-0.3, -0.25) is 4.99 Å². The van der Waals surface area contributed by atoms with E-state index in [4.69, 9.17) is 4.74 Å². The summed E-state index contributed by atoms with van der Waals surface area (Å²) in [6.07, 6.45) is 6.85. The Morgan fingerprint density at radius 2 is 1.86 bits per heavy atom. The summed E-state index contributed by atoms with van der Waals surface area (Å²) < 4.78 is 5.78. The van der Waals surface area contributed by atoms with Crippen LogP contribution in [-0.2, 0) is 4.74 Å². The van der Waals surface area contributed by atoms with Gasteiger partial charge in [0.1, 0.15) is 0 Å². The van der Waals surface area contributed by atoms with Crippen molar-refractivity contribution < 1.29 is 4.74 Å². The maximum atomic E-state index is 5.49. The van der Waals surface area contributed by atoms with Crippen LogP contribution in [0.4, 0.5) is 0 Å². The number of nitrogens with one attached hydrogen (secondary N) is 2. The first-order valence-electron chi connectivity index (χ1n) is 8.11. The molecule has 1 aliphatic rings. The quantitative estimate of drug-likeness (QED) is 0.359. The molecule has 0 aromatic rings. The second-order valence-corrected chi connectivity index (χ2v) is 7.72. The van der Waals surface area contributed by atoms with Crippen LogP contribution in [0.15, 0.2) is 4.99 Å². The maximum absolute atomic E-state index is 5.49. The Balaban J connectivity index is 0.00000441. The van der Waals surface area contributed by atoms with Crippen LogP contribution in [-0.4, -0.2) is 49.8 Å². The normalized spacial score (nSPS) is 19.5. The summed E-state index contributed by atoms with van der Waals surface area (Å²) >= 11 is 1.95. The van der Waals surface area contributed by atoms with Gasteiger partial charge < -0.3 is 15.4 Å². The van der Waals surface area contributed by atoms with Gasteiger partial charge in [-0.2, -0.15) is 11.8 Å². The molecule has 1 atom stereocenters. The largest absolute Gasteiger partial charge is 0.381 e. The number of rotatable bonds is 7. The molecule has 0 amide bonds. The number of hydrogen-bond donors (Lipinski definition) is 2. The molecule has 1 rings (SSSR count). The summed E-state index contributed by atoms with van der Waals surface area (Å²) in [5.74, 6) is 1.68. The third-order valence-electron chi connectivity index (χ3n) is 4.20. The van der Waals surface area contributed by atoms with Crippen molar-refractivity contribution in [1.82, 2.24) is 10.6 Å². The minimum absolute atomic E-state index is 0. The highest BCUT2D eigenvalue weighted by Gasteiger charge is 2.31. The first-order valence-corrected chi connectivity index (χ1v) is 9.34. The minimum Gasteiger partial charge on any atom is -0.381 e. The van der Waals surface area contributed by atoms with Gasteiger partial charge in [-0.25, -0.2) is 0 Å². The van der Waals surface area contributed by atoms with Crippen LogP contribution < -0.4 is 10.6 Å². The van der Waals surface area contributed by atoms with Crippen LogP contribution in [0.25, 0.3) is 0 Å². The Hall–Kier alpha value is 0.310. The fourth-order valence-corrected chi connectivity index (χ4v) is 3.32. The number of halogens is 1. The smallest absolute Gasteiger partial charge is 0.191 e. The van der Waals surface area contributed by atoms with E-state index in [1.165, 1.54) is 12.8 Å². The molecular formula is C16H34IN3OS. The Labute approximate surface area is 158 Å². The molecule has 132 valence electrons. The summed E-state index contributed by atoms with van der Waals surface area (Å²) in [4.78, 5) is 4.36. The van der Waals surface area contributed by atoms with Gasteiger partial charge in [0.15, 0.2) is 5.96 Å². The van der Waals surface area contributed by atoms with E-state index in [2.05, 4.69) is 42.7 Å². The van der Waals surface area contributed by atoms with Crippen molar-refractivity contribution in [3.05, 3.63) is 0 Å². The van der Waals surface area contributed by atoms with Gasteiger partial charge in [-0.15, -0.1) is 24.0 Å². The lowest BCUT2D eigenvalue weighted by Crippen LogP contribution is -2.49. The summed E-state index contributed by atoms with van der Waals surface area (Å²) in [7, 11) is 1.85. The summed E-state index contributed by atoms with van der Waals surface area (Å²) in [6.45, 7) is 9.47. The Bertz CT molecular complexity index is 321. The molecule has 1 unspecified atom stereocenters. The molecule has 0 saturated carbocycles. The van der Waals surface area contributed by atoms with Crippen molar-refractivity contribution in [2.45, 2.75) is 57.2 Å². The molecule has 2 N–H and O–H groups in total. The number of nitrogens with zero attached hydrogens (tertiary/aromatic N) is 1. The van der Waals surface area contributed by atoms with Crippen LogP contribution in [0.3, 0.4) is 0 Å². The lowest BCUT2D eigenvalue weighted by atomic mass is 9.99. The highest BCUT2D eigenvalue weighted by Crippen LogP contribution is 2.32. The molecule has 1 fully saturated rings. The van der Waals surface area contributed by atoms with E-state index in [1.807, 2.05) is 18.8 Å². The highest BCUT2D eigenvalue weighted by molar-refractivity contribution is 14.0. The zero-order chi connectivity index (χ0) is 15.7. The van der Waals surface area contributed by atoms with E-state index in [-0.39, 0.29) is 28.7 Å². The van der Waals surface area contributed by atoms with E-state index in [0.717, 1.165) is 44.5 Å². The van der Waals surface area contributed by atoms with Crippen molar-refractivity contribution in [2.75, 3.05) is 33.1 Å². The number of guanidine groups is 1. The van der Waals surface area contributed by atoms with Gasteiger partial charge in [0.05, 0.1) is 0 Å². The lowest BCUT2D eigenvalue weighted by molar-refractivity contribution is 0.0782. The van der Waals surface area contributed by atoms with Crippen LogP contribution in [0.1, 0.15) is 46.5 Å². The van der Waals surface area contributed by atoms with E-state index < -0.39 is 0 Å². The molecular weight excluding hydrogens is 409 g/mol. The zero-order valence-electron chi connectivity index (χ0n) is 14.8. The molecule has 0 bridgehead atoms. The number of hydrogen-bond acceptors (Lipinski definition) is 3. The molecule has 4 nitrogen and oxygen atoms in total. The first-order chi connectivity index (χ1) is 10.0. The molecule has 1 heterocycles. The van der Waals surface area contributed by atoms with Crippen molar-refractivity contribution >= 4 is 41.7 Å². The number of thioether (sulfide) groups is 1. The Kier molecular flexibility index (Phi) is 12.0. The summed E-state index contributed by atoms with van der Waals surface area (Å²) in [6, 6.07) is 0.457. The van der Waals surface area contributed by atoms with Crippen LogP contribution >= 0.6 is 35.7 Å². The van der Waals surface area contributed by atoms with Crippen molar-refractivity contribution in [3.8, 4) is 0 Å². The predicted molar refractivity (Wildman–Crippen MR) is 110 cm³/mol. The molecule has 1 aliphatic heterocycles. The lowest BCUT2D eigenvalue weighted by Gasteiger charge is -2.36. The monoisotopic (exact) mass is 443 g/mol. The fraction of sp³-hybridized carbons (Fsp3) is 0.938. The van der Waals surface area contributed by atoms with E-state index in [1.54, 1.807) is 0 Å². The molecule has 6 heteroatoms. The molecule has 0 aromatic carbocycles. The molecule has 0 radical (unpaired) electrons. The van der Waals surface area contributed by atoms with Gasteiger partial charge in [0.25, 0.3) is 0 Å². The third kappa shape index (κ3) is 8.24. The van der Waals surface area contributed by atoms with Gasteiger partial charge >= 0.3 is 0 Å². The highest BCUT2D eigenvalue weighted by atomic mass is 127. The van der Waals surface area contributed by atoms with Crippen LogP contribution in [0, 0.1) is 5.92 Å². The molecule has 0 aliphatic carbocycles. The van der Waals surface area contributed by atoms with Crippen molar-refractivity contribution in [1.29, 1.82) is 0 Å². The number of aliphatic imine (C=N–C) groups is 1. The Morgan fingerprint density at radius 3 is 2.36 bits per heavy atom. The second kappa shape index (κ2) is 11.8. The second-order valence-electron chi connectivity index (χ2n) is 6.44. The van der Waals surface area contributed by atoms with Gasteiger partial charge in [0, 0.05) is 37.6 Å². The predicted octanol–water partition coefficient (Wildman–Crippen LogP) is 3.51. The van der Waals surface area contributed by atoms with E-state index in [0.29, 0.717) is 6.04 Å². The molecule has 0 spiro atoms. The SMILES string of the molecule is CN=C(NCC1(SC)CCOCC1)NC(C)CCC(C)C.I. The minimum atomic E-state index is 0. The van der Waals surface area contributed by atoms with Gasteiger partial charge in [-0.1, -0.05) is 13.8 Å². The summed E-state index contributed by atoms with van der Waals surface area (Å²) in [5, 5.41) is 7.01. The van der Waals surface area contributed by atoms with Gasteiger partial charge in [-0.05, 0) is 44.8 Å². The number of ether oxygens (including phenoxy) is 1. The summed E-state index contributed by atoms with van der Waals surface area (Å²) in [5.41, 5.74) is 0. The fourth-order valence-electron chi connectivity index (χ4n) is 2.52. The third-order valence-corrected chi connectivity index (χ3v) is 5.62. The first kappa shape index (κ1) is 22.3. The van der Waals surface area contributed by atoms with Crippen LogP contribution in [0.5, 0.6) is 0 Å². The van der Waals surface area contributed by atoms with Gasteiger partial charge in [0.2, 0.25) is 0 Å². The molecule has 0 aromatic heterocycles. The average Bonchev–Trinajstić information content (AvgIpc) is 2.50. The van der Waals surface area contributed by atoms with E-state index >= 15 is 0 Å². The average molecular weight is 443 g/mol. The molecule has 22 heavy (non-hydrogen) atoms. The molecule has 1 saturated heterocycles. The van der Waals surface area contributed by atoms with Crippen LogP contribution in [0.2, 0.25) is 0 Å². The van der Waals surface area contributed by atoms with E-state index in [9.17, 15) is 0 Å². The topological polar surface area (TPSA) is 45.7 Å². The Morgan fingerprint density at radius 1 is 1.23 bits per heavy atom. The standard InChI is InChI=1S/C16H33N3OS.HI/c1-13(2)6-7-14(3)19-15(17-4)18-12-16(21-5)8-10-20-11-9-16;/h13-14H,6-12H2,1-5H3,(H2,17,18,19);1H. The maximum Gasteiger partial charge on any atom is 0.191 e. The van der Waals surface area contributed by atoms with Crippen molar-refractivity contribution in [3.63, 3.8) is 0 Å². The zero-order valence-corrected chi connectivity index (χ0v) is 17.9. The van der Waals surface area contributed by atoms with Crippen molar-refractivity contribution in [2.24, 2.45) is 10.9 Å².